The van der Waals surface area contributed by atoms with E-state index in [-0.39, 0.29) is 11.7 Å². The van der Waals surface area contributed by atoms with Crippen molar-refractivity contribution in [3.8, 4) is 0 Å². The SMILES string of the molecule is CC(C)n1nc(C2CCC2)n(C2CNC2)c1=O. The normalized spacial score (nSPS) is 21.6. The Hall–Kier alpha value is -1.10. The molecule has 1 saturated heterocycles. The number of nitrogens with one attached hydrogen (secondary N) is 1. The molecule has 3 rings (SSSR count). The third kappa shape index (κ3) is 1.64. The first-order chi connectivity index (χ1) is 8.18. The molecule has 1 N–H and O–H groups in total. The predicted octanol–water partition coefficient (Wildman–Crippen LogP) is 1.04. The molecule has 17 heavy (non-hydrogen) atoms. The molecule has 0 aromatic carbocycles. The number of hydrogen-bond acceptors (Lipinski definition) is 3. The van der Waals surface area contributed by atoms with Crippen LogP contribution in [0, 0.1) is 0 Å². The van der Waals surface area contributed by atoms with Crippen molar-refractivity contribution in [3.63, 3.8) is 0 Å². The third-order valence-electron chi connectivity index (χ3n) is 3.94. The lowest BCUT2D eigenvalue weighted by Crippen LogP contribution is -2.48. The van der Waals surface area contributed by atoms with E-state index in [9.17, 15) is 4.79 Å². The van der Waals surface area contributed by atoms with Gasteiger partial charge in [0.15, 0.2) is 0 Å². The maximum Gasteiger partial charge on any atom is 0.346 e. The lowest BCUT2D eigenvalue weighted by atomic mass is 9.84. The molecule has 0 bridgehead atoms. The Kier molecular flexibility index (Phi) is 2.58. The molecule has 0 atom stereocenters. The van der Waals surface area contributed by atoms with Gasteiger partial charge >= 0.3 is 5.69 Å². The minimum atomic E-state index is 0.0772. The number of nitrogens with zero attached hydrogens (tertiary/aromatic N) is 3. The number of aromatic nitrogens is 3. The second-order valence-corrected chi connectivity index (χ2v) is 5.49. The highest BCUT2D eigenvalue weighted by Gasteiger charge is 2.32. The molecule has 0 amide bonds. The van der Waals surface area contributed by atoms with Gasteiger partial charge in [-0.25, -0.2) is 9.48 Å². The van der Waals surface area contributed by atoms with Crippen LogP contribution in [0.2, 0.25) is 0 Å². The Balaban J connectivity index is 2.04. The van der Waals surface area contributed by atoms with Crippen LogP contribution in [0.25, 0.3) is 0 Å². The predicted molar refractivity (Wildman–Crippen MR) is 65.4 cm³/mol. The Morgan fingerprint density at radius 2 is 2.06 bits per heavy atom. The summed E-state index contributed by atoms with van der Waals surface area (Å²) in [6.45, 7) is 5.84. The topological polar surface area (TPSA) is 51.9 Å². The fourth-order valence-electron chi connectivity index (χ4n) is 2.49. The summed E-state index contributed by atoms with van der Waals surface area (Å²) in [6, 6.07) is 0.473. The minimum Gasteiger partial charge on any atom is -0.313 e. The molecule has 94 valence electrons. The van der Waals surface area contributed by atoms with Crippen LogP contribution in [-0.4, -0.2) is 27.4 Å². The van der Waals surface area contributed by atoms with Crippen LogP contribution in [0.5, 0.6) is 0 Å². The van der Waals surface area contributed by atoms with Gasteiger partial charge in [0.25, 0.3) is 0 Å². The number of hydrogen-bond donors (Lipinski definition) is 1. The fraction of sp³-hybridized carbons (Fsp3) is 0.833. The van der Waals surface area contributed by atoms with Crippen molar-refractivity contribution in [2.45, 2.75) is 51.1 Å². The van der Waals surface area contributed by atoms with Gasteiger partial charge in [0, 0.05) is 19.0 Å². The summed E-state index contributed by atoms with van der Waals surface area (Å²) in [6.07, 6.45) is 3.65. The van der Waals surface area contributed by atoms with Crippen molar-refractivity contribution in [2.75, 3.05) is 13.1 Å². The summed E-state index contributed by atoms with van der Waals surface area (Å²) >= 11 is 0. The lowest BCUT2D eigenvalue weighted by molar-refractivity contribution is 0.302. The van der Waals surface area contributed by atoms with Crippen molar-refractivity contribution in [1.82, 2.24) is 19.7 Å². The van der Waals surface area contributed by atoms with E-state index in [0.29, 0.717) is 12.0 Å². The Morgan fingerprint density at radius 3 is 2.47 bits per heavy atom. The van der Waals surface area contributed by atoms with Crippen molar-refractivity contribution < 1.29 is 0 Å². The molecule has 0 unspecified atom stereocenters. The maximum atomic E-state index is 12.3. The first kappa shape index (κ1) is 11.0. The molecule has 2 fully saturated rings. The Morgan fingerprint density at radius 1 is 1.35 bits per heavy atom. The minimum absolute atomic E-state index is 0.0772. The molecule has 2 aliphatic rings. The van der Waals surface area contributed by atoms with Crippen molar-refractivity contribution in [3.05, 3.63) is 16.3 Å². The zero-order valence-corrected chi connectivity index (χ0v) is 10.5. The van der Waals surface area contributed by atoms with Crippen LogP contribution in [0.4, 0.5) is 0 Å². The summed E-state index contributed by atoms with van der Waals surface area (Å²) in [5, 5.41) is 7.80. The molecular formula is C12H20N4O. The summed E-state index contributed by atoms with van der Waals surface area (Å²) in [7, 11) is 0. The Bertz CT molecular complexity index is 465. The van der Waals surface area contributed by atoms with Crippen LogP contribution in [-0.2, 0) is 0 Å². The zero-order chi connectivity index (χ0) is 12.0. The van der Waals surface area contributed by atoms with Gasteiger partial charge in [0.05, 0.1) is 12.1 Å². The first-order valence-electron chi connectivity index (χ1n) is 6.60. The second-order valence-electron chi connectivity index (χ2n) is 5.49. The number of rotatable bonds is 3. The Labute approximate surface area is 101 Å². The third-order valence-corrected chi connectivity index (χ3v) is 3.94. The molecule has 1 aromatic rings. The van der Waals surface area contributed by atoms with Crippen LogP contribution in [0.3, 0.4) is 0 Å². The van der Waals surface area contributed by atoms with E-state index >= 15 is 0 Å². The van der Waals surface area contributed by atoms with E-state index in [1.807, 2.05) is 18.4 Å². The van der Waals surface area contributed by atoms with Gasteiger partial charge in [-0.05, 0) is 26.7 Å². The van der Waals surface area contributed by atoms with E-state index in [1.165, 1.54) is 19.3 Å². The monoisotopic (exact) mass is 236 g/mol. The molecule has 2 heterocycles. The van der Waals surface area contributed by atoms with Crippen LogP contribution < -0.4 is 11.0 Å². The van der Waals surface area contributed by atoms with Gasteiger partial charge in [0.1, 0.15) is 5.82 Å². The van der Waals surface area contributed by atoms with Gasteiger partial charge in [0.2, 0.25) is 0 Å². The molecule has 0 spiro atoms. The highest BCUT2D eigenvalue weighted by molar-refractivity contribution is 5.05. The highest BCUT2D eigenvalue weighted by Crippen LogP contribution is 2.36. The van der Waals surface area contributed by atoms with Crippen LogP contribution in [0.15, 0.2) is 4.79 Å². The summed E-state index contributed by atoms with van der Waals surface area (Å²) < 4.78 is 3.59. The molecule has 5 nitrogen and oxygen atoms in total. The summed E-state index contributed by atoms with van der Waals surface area (Å²) in [4.78, 5) is 12.3. The quantitative estimate of drug-likeness (QED) is 0.853. The lowest BCUT2D eigenvalue weighted by Gasteiger charge is -2.32. The van der Waals surface area contributed by atoms with Crippen molar-refractivity contribution in [1.29, 1.82) is 0 Å². The van der Waals surface area contributed by atoms with Gasteiger partial charge in [-0.3, -0.25) is 4.57 Å². The average Bonchev–Trinajstić information content (AvgIpc) is 2.41. The van der Waals surface area contributed by atoms with Crippen LogP contribution in [0.1, 0.15) is 56.9 Å². The highest BCUT2D eigenvalue weighted by atomic mass is 16.2. The molecule has 1 aliphatic heterocycles. The molecule has 1 aromatic heterocycles. The first-order valence-corrected chi connectivity index (χ1v) is 6.60. The second kappa shape index (κ2) is 3.98. The van der Waals surface area contributed by atoms with Gasteiger partial charge in [-0.1, -0.05) is 6.42 Å². The molecule has 0 radical (unpaired) electrons. The average molecular weight is 236 g/mol. The molecule has 1 saturated carbocycles. The van der Waals surface area contributed by atoms with E-state index in [0.717, 1.165) is 18.9 Å². The molecule has 1 aliphatic carbocycles. The van der Waals surface area contributed by atoms with Crippen LogP contribution >= 0.6 is 0 Å². The van der Waals surface area contributed by atoms with E-state index in [2.05, 4.69) is 10.4 Å². The fourth-order valence-corrected chi connectivity index (χ4v) is 2.49. The van der Waals surface area contributed by atoms with E-state index in [4.69, 9.17) is 0 Å². The smallest absolute Gasteiger partial charge is 0.313 e. The summed E-state index contributed by atoms with van der Waals surface area (Å²) in [5.41, 5.74) is 0.0772. The van der Waals surface area contributed by atoms with E-state index < -0.39 is 0 Å². The molecular weight excluding hydrogens is 216 g/mol. The standard InChI is InChI=1S/C12H20N4O/c1-8(2)16-12(17)15(10-6-13-7-10)11(14-16)9-4-3-5-9/h8-10,13H,3-7H2,1-2H3. The zero-order valence-electron chi connectivity index (χ0n) is 10.5. The van der Waals surface area contributed by atoms with Gasteiger partial charge in [-0.2, -0.15) is 5.10 Å². The largest absolute Gasteiger partial charge is 0.346 e. The van der Waals surface area contributed by atoms with Gasteiger partial charge in [-0.15, -0.1) is 0 Å². The molecule has 5 heteroatoms. The van der Waals surface area contributed by atoms with Gasteiger partial charge < -0.3 is 5.32 Å². The van der Waals surface area contributed by atoms with Crippen molar-refractivity contribution >= 4 is 0 Å². The van der Waals surface area contributed by atoms with Crippen molar-refractivity contribution in [2.24, 2.45) is 0 Å². The summed E-state index contributed by atoms with van der Waals surface area (Å²) in [5.74, 6) is 1.55. The maximum absolute atomic E-state index is 12.3. The van der Waals surface area contributed by atoms with E-state index in [1.54, 1.807) is 4.68 Å².